The largest absolute Gasteiger partial charge is 0.497 e. The number of nitrogens with zero attached hydrogens (tertiary/aromatic N) is 1. The van der Waals surface area contributed by atoms with Gasteiger partial charge in [-0.1, -0.05) is 12.1 Å². The number of anilines is 1. The van der Waals surface area contributed by atoms with Gasteiger partial charge in [0.2, 0.25) is 0 Å². The Morgan fingerprint density at radius 3 is 2.25 bits per heavy atom. The molecule has 32 heavy (non-hydrogen) atoms. The first-order chi connectivity index (χ1) is 15.5. The van der Waals surface area contributed by atoms with E-state index in [4.69, 9.17) is 9.47 Å². The molecule has 2 heterocycles. The number of carbonyl (C=O) groups is 2. The van der Waals surface area contributed by atoms with Gasteiger partial charge in [-0.2, -0.15) is 0 Å². The fourth-order valence-corrected chi connectivity index (χ4v) is 4.43. The maximum absolute atomic E-state index is 13.2. The molecule has 0 unspecified atom stereocenters. The molecule has 0 radical (unpaired) electrons. The molecular formula is C25H24N2O4S. The number of methoxy groups -OCH3 is 1. The minimum atomic E-state index is -0.351. The molecule has 6 nitrogen and oxygen atoms in total. The van der Waals surface area contributed by atoms with E-state index in [1.54, 1.807) is 31.4 Å². The Labute approximate surface area is 191 Å². The zero-order valence-electron chi connectivity index (χ0n) is 18.2. The second-order valence-electron chi connectivity index (χ2n) is 7.51. The van der Waals surface area contributed by atoms with Gasteiger partial charge in [0.05, 0.1) is 19.2 Å². The monoisotopic (exact) mass is 448 g/mol. The fourth-order valence-electron chi connectivity index (χ4n) is 3.66. The normalized spacial score (nSPS) is 13.7. The van der Waals surface area contributed by atoms with Crippen LogP contribution in [0.3, 0.4) is 0 Å². The first-order valence-electron chi connectivity index (χ1n) is 10.2. The van der Waals surface area contributed by atoms with Crippen LogP contribution in [0.5, 0.6) is 11.5 Å². The summed E-state index contributed by atoms with van der Waals surface area (Å²) in [6.07, 6.45) is 0. The predicted molar refractivity (Wildman–Crippen MR) is 126 cm³/mol. The van der Waals surface area contributed by atoms with Crippen molar-refractivity contribution in [2.75, 3.05) is 25.6 Å². The van der Waals surface area contributed by atoms with Crippen molar-refractivity contribution in [1.29, 1.82) is 0 Å². The number of amides is 2. The molecule has 164 valence electrons. The molecule has 4 rings (SSSR count). The molecular weight excluding hydrogens is 424 g/mol. The van der Waals surface area contributed by atoms with Gasteiger partial charge < -0.3 is 14.8 Å². The number of hydrogen-bond donors (Lipinski definition) is 1. The summed E-state index contributed by atoms with van der Waals surface area (Å²) in [5.41, 5.74) is 3.63. The van der Waals surface area contributed by atoms with E-state index in [1.807, 2.05) is 43.5 Å². The van der Waals surface area contributed by atoms with Crippen LogP contribution in [-0.2, 0) is 9.59 Å². The molecule has 1 aliphatic heterocycles. The highest BCUT2D eigenvalue weighted by Crippen LogP contribution is 2.33. The van der Waals surface area contributed by atoms with Crippen LogP contribution in [0.15, 0.2) is 65.7 Å². The summed E-state index contributed by atoms with van der Waals surface area (Å²) in [7, 11) is 1.60. The third kappa shape index (κ3) is 4.53. The van der Waals surface area contributed by atoms with Crippen molar-refractivity contribution in [1.82, 2.24) is 4.90 Å². The molecule has 0 spiro atoms. The maximum Gasteiger partial charge on any atom is 0.278 e. The van der Waals surface area contributed by atoms with Crippen LogP contribution in [0.1, 0.15) is 16.0 Å². The lowest BCUT2D eigenvalue weighted by Crippen LogP contribution is -2.35. The van der Waals surface area contributed by atoms with Crippen LogP contribution in [-0.4, -0.2) is 37.0 Å². The van der Waals surface area contributed by atoms with Gasteiger partial charge in [-0.3, -0.25) is 14.5 Å². The van der Waals surface area contributed by atoms with Crippen molar-refractivity contribution in [3.8, 4) is 11.5 Å². The Hall–Kier alpha value is -3.58. The number of ether oxygens (including phenoxy) is 2. The van der Waals surface area contributed by atoms with E-state index in [2.05, 4.69) is 11.4 Å². The summed E-state index contributed by atoms with van der Waals surface area (Å²) in [4.78, 5) is 28.5. The molecule has 2 amide bonds. The quantitative estimate of drug-likeness (QED) is 0.509. The predicted octanol–water partition coefficient (Wildman–Crippen LogP) is 4.64. The highest BCUT2D eigenvalue weighted by molar-refractivity contribution is 7.11. The Morgan fingerprint density at radius 2 is 1.62 bits per heavy atom. The summed E-state index contributed by atoms with van der Waals surface area (Å²) in [6, 6.07) is 16.9. The van der Waals surface area contributed by atoms with Crippen molar-refractivity contribution in [2.45, 2.75) is 13.8 Å². The lowest BCUT2D eigenvalue weighted by Gasteiger charge is -2.16. The van der Waals surface area contributed by atoms with E-state index in [0.717, 1.165) is 27.4 Å². The number of thiophene rings is 1. The van der Waals surface area contributed by atoms with Crippen LogP contribution in [0.2, 0.25) is 0 Å². The number of rotatable bonds is 8. The molecule has 0 aliphatic carbocycles. The summed E-state index contributed by atoms with van der Waals surface area (Å²) in [5.74, 6) is 0.706. The number of imide groups is 1. The number of hydrogen-bond acceptors (Lipinski definition) is 6. The minimum absolute atomic E-state index is 0.149. The third-order valence-corrected chi connectivity index (χ3v) is 5.96. The Bertz CT molecular complexity index is 1150. The van der Waals surface area contributed by atoms with Gasteiger partial charge >= 0.3 is 0 Å². The van der Waals surface area contributed by atoms with Crippen molar-refractivity contribution >= 4 is 34.4 Å². The molecule has 0 bridgehead atoms. The average Bonchev–Trinajstić information content (AvgIpc) is 3.36. The van der Waals surface area contributed by atoms with Crippen LogP contribution in [0.4, 0.5) is 5.69 Å². The highest BCUT2D eigenvalue weighted by Gasteiger charge is 2.39. The third-order valence-electron chi connectivity index (χ3n) is 5.07. The Balaban J connectivity index is 1.53. The number of carbonyl (C=O) groups excluding carboxylic acids is 2. The summed E-state index contributed by atoms with van der Waals surface area (Å²) in [6.45, 7) is 4.34. The van der Waals surface area contributed by atoms with E-state index in [9.17, 15) is 9.59 Å². The summed E-state index contributed by atoms with van der Waals surface area (Å²) < 4.78 is 10.9. The number of aryl methyl sites for hydroxylation is 2. The van der Waals surface area contributed by atoms with Crippen LogP contribution in [0.25, 0.3) is 5.57 Å². The first-order valence-corrected chi connectivity index (χ1v) is 11.1. The lowest BCUT2D eigenvalue weighted by molar-refractivity contribution is -0.137. The zero-order valence-corrected chi connectivity index (χ0v) is 19.0. The molecule has 7 heteroatoms. The minimum Gasteiger partial charge on any atom is -0.497 e. The molecule has 0 saturated carbocycles. The topological polar surface area (TPSA) is 67.9 Å². The molecule has 0 fully saturated rings. The van der Waals surface area contributed by atoms with E-state index in [1.165, 1.54) is 16.2 Å². The van der Waals surface area contributed by atoms with Gasteiger partial charge in [-0.05, 0) is 72.8 Å². The van der Waals surface area contributed by atoms with Crippen LogP contribution < -0.4 is 14.8 Å². The molecule has 2 aromatic carbocycles. The van der Waals surface area contributed by atoms with Gasteiger partial charge in [0.25, 0.3) is 11.8 Å². The molecule has 1 aliphatic rings. The van der Waals surface area contributed by atoms with Crippen LogP contribution >= 0.6 is 11.3 Å². The van der Waals surface area contributed by atoms with Gasteiger partial charge in [0, 0.05) is 10.6 Å². The molecule has 0 saturated heterocycles. The van der Waals surface area contributed by atoms with Gasteiger partial charge in [0.1, 0.15) is 23.8 Å². The highest BCUT2D eigenvalue weighted by atomic mass is 32.1. The van der Waals surface area contributed by atoms with Crippen molar-refractivity contribution in [2.24, 2.45) is 0 Å². The maximum atomic E-state index is 13.2. The van der Waals surface area contributed by atoms with E-state index >= 15 is 0 Å². The lowest BCUT2D eigenvalue weighted by atomic mass is 10.1. The standard InChI is InChI=1S/C25H24N2O4S/c1-16-13-17(2)15-18(14-16)26-23-22(21-5-4-12-32-21)24(28)27(25(23)29)10-11-31-20-8-6-19(30-3)7-9-20/h4-9,12-15,26H,10-11H2,1-3H3. The van der Waals surface area contributed by atoms with E-state index in [-0.39, 0.29) is 25.0 Å². The van der Waals surface area contributed by atoms with Crippen molar-refractivity contribution < 1.29 is 19.1 Å². The summed E-state index contributed by atoms with van der Waals surface area (Å²) >= 11 is 1.43. The second kappa shape index (κ2) is 9.28. The Morgan fingerprint density at radius 1 is 0.938 bits per heavy atom. The number of benzene rings is 2. The van der Waals surface area contributed by atoms with Crippen LogP contribution in [0, 0.1) is 13.8 Å². The van der Waals surface area contributed by atoms with Gasteiger partial charge in [-0.15, -0.1) is 11.3 Å². The van der Waals surface area contributed by atoms with E-state index in [0.29, 0.717) is 17.0 Å². The molecule has 0 atom stereocenters. The fraction of sp³-hybridized carbons (Fsp3) is 0.200. The van der Waals surface area contributed by atoms with E-state index < -0.39 is 0 Å². The van der Waals surface area contributed by atoms with Gasteiger partial charge in [0.15, 0.2) is 0 Å². The summed E-state index contributed by atoms with van der Waals surface area (Å²) in [5, 5.41) is 5.10. The smallest absolute Gasteiger partial charge is 0.278 e. The van der Waals surface area contributed by atoms with Crippen molar-refractivity contribution in [3.63, 3.8) is 0 Å². The SMILES string of the molecule is COc1ccc(OCCN2C(=O)C(Nc3cc(C)cc(C)c3)=C(c3cccs3)C2=O)cc1. The van der Waals surface area contributed by atoms with Gasteiger partial charge in [-0.25, -0.2) is 0 Å². The Kier molecular flexibility index (Phi) is 6.28. The second-order valence-corrected chi connectivity index (χ2v) is 8.46. The molecule has 1 aromatic heterocycles. The average molecular weight is 449 g/mol. The molecule has 1 N–H and O–H groups in total. The van der Waals surface area contributed by atoms with Crippen molar-refractivity contribution in [3.05, 3.63) is 81.7 Å². The zero-order chi connectivity index (χ0) is 22.7. The number of nitrogens with one attached hydrogen (secondary N) is 1. The molecule has 3 aromatic rings. The first kappa shape index (κ1) is 21.6.